The second kappa shape index (κ2) is 8.56. The molecule has 0 aromatic heterocycles. The summed E-state index contributed by atoms with van der Waals surface area (Å²) in [6.07, 6.45) is 0.168. The zero-order valence-corrected chi connectivity index (χ0v) is 14.6. The van der Waals surface area contributed by atoms with Crippen LogP contribution >= 0.6 is 0 Å². The van der Waals surface area contributed by atoms with Crippen molar-refractivity contribution in [3.05, 3.63) is 35.4 Å². The Morgan fingerprint density at radius 1 is 1.22 bits per heavy atom. The van der Waals surface area contributed by atoms with E-state index >= 15 is 0 Å². The third-order valence-corrected chi connectivity index (χ3v) is 3.06. The molecule has 0 aliphatic heterocycles. The molecule has 1 N–H and O–H groups in total. The summed E-state index contributed by atoms with van der Waals surface area (Å²) in [5, 5.41) is 2.73. The van der Waals surface area contributed by atoms with Gasteiger partial charge >= 0.3 is 12.1 Å². The van der Waals surface area contributed by atoms with Crippen LogP contribution in [-0.2, 0) is 27.2 Å². The average Bonchev–Trinajstić information content (AvgIpc) is 2.44. The number of esters is 1. The highest BCUT2D eigenvalue weighted by molar-refractivity contribution is 5.72. The maximum absolute atomic E-state index is 11.7. The van der Waals surface area contributed by atoms with Crippen LogP contribution in [0.15, 0.2) is 24.3 Å². The van der Waals surface area contributed by atoms with Gasteiger partial charge < -0.3 is 14.8 Å². The average molecular weight is 321 g/mol. The van der Waals surface area contributed by atoms with Crippen LogP contribution < -0.4 is 5.32 Å². The van der Waals surface area contributed by atoms with Crippen molar-refractivity contribution in [2.75, 3.05) is 6.61 Å². The first-order chi connectivity index (χ1) is 10.7. The van der Waals surface area contributed by atoms with E-state index < -0.39 is 11.7 Å². The summed E-state index contributed by atoms with van der Waals surface area (Å²) in [5.41, 5.74) is 1.49. The largest absolute Gasteiger partial charge is 0.466 e. The summed E-state index contributed by atoms with van der Waals surface area (Å²) in [6, 6.07) is 7.79. The molecule has 0 spiro atoms. The minimum atomic E-state index is -0.513. The monoisotopic (exact) mass is 321 g/mol. The highest BCUT2D eigenvalue weighted by atomic mass is 16.6. The predicted octanol–water partition coefficient (Wildman–Crippen LogP) is 3.45. The van der Waals surface area contributed by atoms with Crippen LogP contribution in [0.2, 0.25) is 0 Å². The lowest BCUT2D eigenvalue weighted by molar-refractivity contribution is -0.147. The number of carbonyl (C=O) groups is 2. The third kappa shape index (κ3) is 7.68. The smallest absolute Gasteiger partial charge is 0.407 e. The van der Waals surface area contributed by atoms with Gasteiger partial charge in [0.1, 0.15) is 5.60 Å². The van der Waals surface area contributed by atoms with Crippen LogP contribution in [0.5, 0.6) is 0 Å². The first-order valence-corrected chi connectivity index (χ1v) is 7.92. The van der Waals surface area contributed by atoms with Crippen LogP contribution in [0.3, 0.4) is 0 Å². The Kier molecular flexibility index (Phi) is 7.07. The fourth-order valence-electron chi connectivity index (χ4n) is 2.08. The zero-order valence-electron chi connectivity index (χ0n) is 14.6. The Labute approximate surface area is 138 Å². The molecule has 0 aliphatic rings. The van der Waals surface area contributed by atoms with Crippen molar-refractivity contribution < 1.29 is 19.1 Å². The van der Waals surface area contributed by atoms with Crippen LogP contribution in [0.25, 0.3) is 0 Å². The molecule has 1 atom stereocenters. The molecule has 0 saturated heterocycles. The number of hydrogen-bond donors (Lipinski definition) is 1. The van der Waals surface area contributed by atoms with Crippen LogP contribution in [0.1, 0.15) is 45.7 Å². The number of ether oxygens (including phenoxy) is 2. The van der Waals surface area contributed by atoms with Gasteiger partial charge in [-0.1, -0.05) is 31.2 Å². The Bertz CT molecular complexity index is 534. The van der Waals surface area contributed by atoms with Crippen molar-refractivity contribution in [2.24, 2.45) is 5.92 Å². The van der Waals surface area contributed by atoms with Crippen LogP contribution in [0.4, 0.5) is 4.79 Å². The Morgan fingerprint density at radius 3 is 2.48 bits per heavy atom. The maximum atomic E-state index is 11.7. The van der Waals surface area contributed by atoms with Gasteiger partial charge in [0.2, 0.25) is 0 Å². The first-order valence-electron chi connectivity index (χ1n) is 7.92. The molecular formula is C18H27NO4. The Hall–Kier alpha value is -2.04. The molecule has 0 fully saturated rings. The number of carbonyl (C=O) groups excluding carboxylic acids is 2. The number of alkyl carbamates (subject to hydrolysis) is 1. The Balaban J connectivity index is 2.56. The molecule has 0 radical (unpaired) electrons. The number of nitrogens with one attached hydrogen (secondary N) is 1. The van der Waals surface area contributed by atoms with Gasteiger partial charge in [-0.25, -0.2) is 4.79 Å². The summed E-state index contributed by atoms with van der Waals surface area (Å²) in [5.74, 6) is -0.381. The highest BCUT2D eigenvalue weighted by Crippen LogP contribution is 2.13. The van der Waals surface area contributed by atoms with E-state index in [-0.39, 0.29) is 11.9 Å². The SMILES string of the molecule is CCOC(=O)C(C)Cc1cccc(CNC(=O)OC(C)(C)C)c1. The summed E-state index contributed by atoms with van der Waals surface area (Å²) < 4.78 is 10.2. The van der Waals surface area contributed by atoms with E-state index in [1.165, 1.54) is 0 Å². The standard InChI is InChI=1S/C18H27NO4/c1-6-22-16(20)13(2)10-14-8-7-9-15(11-14)12-19-17(21)23-18(3,4)5/h7-9,11,13H,6,10,12H2,1-5H3,(H,19,21). The third-order valence-electron chi connectivity index (χ3n) is 3.06. The normalized spacial score (nSPS) is 12.4. The zero-order chi connectivity index (χ0) is 17.5. The van der Waals surface area contributed by atoms with E-state index in [4.69, 9.17) is 9.47 Å². The lowest BCUT2D eigenvalue weighted by Gasteiger charge is -2.19. The van der Waals surface area contributed by atoms with Gasteiger partial charge in [0.25, 0.3) is 0 Å². The fourth-order valence-corrected chi connectivity index (χ4v) is 2.08. The van der Waals surface area contributed by atoms with Crippen molar-refractivity contribution in [1.29, 1.82) is 0 Å². The molecule has 5 nitrogen and oxygen atoms in total. The predicted molar refractivity (Wildman–Crippen MR) is 89.0 cm³/mol. The number of amides is 1. The summed E-state index contributed by atoms with van der Waals surface area (Å²) >= 11 is 0. The van der Waals surface area contributed by atoms with E-state index in [0.29, 0.717) is 19.6 Å². The van der Waals surface area contributed by atoms with E-state index in [0.717, 1.165) is 11.1 Å². The second-order valence-corrected chi connectivity index (χ2v) is 6.53. The van der Waals surface area contributed by atoms with Gasteiger partial charge in [0, 0.05) is 6.54 Å². The maximum Gasteiger partial charge on any atom is 0.407 e. The van der Waals surface area contributed by atoms with E-state index in [9.17, 15) is 9.59 Å². The van der Waals surface area contributed by atoms with Crippen molar-refractivity contribution in [3.8, 4) is 0 Å². The lowest BCUT2D eigenvalue weighted by atomic mass is 9.99. The summed E-state index contributed by atoms with van der Waals surface area (Å²) in [4.78, 5) is 23.3. The van der Waals surface area contributed by atoms with Gasteiger partial charge in [-0.3, -0.25) is 4.79 Å². The summed E-state index contributed by atoms with van der Waals surface area (Å²) in [6.45, 7) is 9.90. The molecule has 0 bridgehead atoms. The van der Waals surface area contributed by atoms with Gasteiger partial charge in [-0.15, -0.1) is 0 Å². The molecule has 1 rings (SSSR count). The second-order valence-electron chi connectivity index (χ2n) is 6.53. The quantitative estimate of drug-likeness (QED) is 0.815. The molecule has 1 aromatic carbocycles. The molecule has 1 aromatic rings. The van der Waals surface area contributed by atoms with Crippen molar-refractivity contribution in [2.45, 2.75) is 53.2 Å². The molecule has 128 valence electrons. The minimum Gasteiger partial charge on any atom is -0.466 e. The number of hydrogen-bond acceptors (Lipinski definition) is 4. The van der Waals surface area contributed by atoms with Gasteiger partial charge in [-0.05, 0) is 45.2 Å². The molecule has 0 saturated carbocycles. The van der Waals surface area contributed by atoms with Gasteiger partial charge in [0.15, 0.2) is 0 Å². The van der Waals surface area contributed by atoms with Gasteiger partial charge in [-0.2, -0.15) is 0 Å². The number of rotatable bonds is 6. The van der Waals surface area contributed by atoms with Gasteiger partial charge in [0.05, 0.1) is 12.5 Å². The van der Waals surface area contributed by atoms with Crippen LogP contribution in [-0.4, -0.2) is 24.3 Å². The Morgan fingerprint density at radius 2 is 1.87 bits per heavy atom. The molecule has 0 aliphatic carbocycles. The molecule has 23 heavy (non-hydrogen) atoms. The van der Waals surface area contributed by atoms with Crippen molar-refractivity contribution in [1.82, 2.24) is 5.32 Å². The highest BCUT2D eigenvalue weighted by Gasteiger charge is 2.16. The minimum absolute atomic E-state index is 0.190. The summed E-state index contributed by atoms with van der Waals surface area (Å²) in [7, 11) is 0. The van der Waals surface area contributed by atoms with E-state index in [1.807, 2.05) is 52.0 Å². The topological polar surface area (TPSA) is 64.6 Å². The molecular weight excluding hydrogens is 294 g/mol. The fraction of sp³-hybridized carbons (Fsp3) is 0.556. The van der Waals surface area contributed by atoms with E-state index in [2.05, 4.69) is 5.32 Å². The number of benzene rings is 1. The van der Waals surface area contributed by atoms with Crippen molar-refractivity contribution >= 4 is 12.1 Å². The van der Waals surface area contributed by atoms with Crippen molar-refractivity contribution in [3.63, 3.8) is 0 Å². The lowest BCUT2D eigenvalue weighted by Crippen LogP contribution is -2.32. The molecule has 0 heterocycles. The molecule has 5 heteroatoms. The van der Waals surface area contributed by atoms with E-state index in [1.54, 1.807) is 6.92 Å². The first kappa shape index (κ1) is 19.0. The molecule has 1 amide bonds. The molecule has 1 unspecified atom stereocenters. The van der Waals surface area contributed by atoms with Crippen LogP contribution in [0, 0.1) is 5.92 Å².